The molecule has 2 aromatic heterocycles. The fourth-order valence-electron chi connectivity index (χ4n) is 4.43. The predicted octanol–water partition coefficient (Wildman–Crippen LogP) is 3.05. The number of nitrogens with one attached hydrogen (secondary N) is 1. The van der Waals surface area contributed by atoms with E-state index in [1.807, 2.05) is 47.0 Å². The van der Waals surface area contributed by atoms with Crippen LogP contribution in [0.1, 0.15) is 40.1 Å². The van der Waals surface area contributed by atoms with Crippen molar-refractivity contribution in [2.75, 3.05) is 13.1 Å². The Labute approximate surface area is 198 Å². The Morgan fingerprint density at radius 1 is 1.11 bits per heavy atom. The van der Waals surface area contributed by atoms with Gasteiger partial charge in [0.25, 0.3) is 5.91 Å². The molecule has 2 aliphatic heterocycles. The molecule has 3 aromatic rings. The lowest BCUT2D eigenvalue weighted by molar-refractivity contribution is -0.192. The Balaban J connectivity index is 0.000000364. The summed E-state index contributed by atoms with van der Waals surface area (Å²) in [5.74, 6) is 0.329. The average Bonchev–Trinajstić information content (AvgIpc) is 3.57. The van der Waals surface area contributed by atoms with Gasteiger partial charge < -0.3 is 19.4 Å². The number of aliphatic carboxylic acids is 1. The molecule has 2 atom stereocenters. The fraction of sp³-hybridized carbons (Fsp3) is 0.391. The van der Waals surface area contributed by atoms with E-state index in [0.717, 1.165) is 49.7 Å². The highest BCUT2D eigenvalue weighted by molar-refractivity contribution is 5.90. The van der Waals surface area contributed by atoms with Crippen molar-refractivity contribution in [3.8, 4) is 0 Å². The van der Waals surface area contributed by atoms with E-state index in [4.69, 9.17) is 14.3 Å². The molecule has 0 spiro atoms. The van der Waals surface area contributed by atoms with Crippen molar-refractivity contribution in [2.45, 2.75) is 38.1 Å². The van der Waals surface area contributed by atoms with Crippen LogP contribution in [0, 0.1) is 5.92 Å². The van der Waals surface area contributed by atoms with Gasteiger partial charge in [-0.1, -0.05) is 30.3 Å². The van der Waals surface area contributed by atoms with Gasteiger partial charge in [-0.2, -0.15) is 13.2 Å². The topological polar surface area (TPSA) is 113 Å². The maximum atomic E-state index is 12.7. The van der Waals surface area contributed by atoms with Crippen LogP contribution >= 0.6 is 0 Å². The van der Waals surface area contributed by atoms with Crippen LogP contribution in [0.15, 0.2) is 53.1 Å². The largest absolute Gasteiger partial charge is 0.490 e. The molecule has 2 aliphatic rings. The molecule has 2 N–H and O–H groups in total. The van der Waals surface area contributed by atoms with Crippen LogP contribution in [0.5, 0.6) is 0 Å². The second kappa shape index (κ2) is 10.3. The molecule has 1 saturated heterocycles. The number of furan rings is 1. The van der Waals surface area contributed by atoms with Crippen LogP contribution in [0.4, 0.5) is 13.2 Å². The molecule has 4 heterocycles. The molecule has 0 bridgehead atoms. The molecule has 1 fully saturated rings. The first-order chi connectivity index (χ1) is 16.7. The Hall–Kier alpha value is -3.67. The van der Waals surface area contributed by atoms with Crippen molar-refractivity contribution in [1.82, 2.24) is 25.0 Å². The molecule has 0 saturated carbocycles. The highest BCUT2D eigenvalue weighted by Crippen LogP contribution is 2.38. The number of likely N-dealkylation sites (tertiary alicyclic amines) is 1. The van der Waals surface area contributed by atoms with Gasteiger partial charge in [0.15, 0.2) is 0 Å². The molecule has 9 nitrogen and oxygen atoms in total. The predicted molar refractivity (Wildman–Crippen MR) is 116 cm³/mol. The lowest BCUT2D eigenvalue weighted by Gasteiger charge is -2.25. The van der Waals surface area contributed by atoms with Crippen molar-refractivity contribution in [1.29, 1.82) is 0 Å². The lowest BCUT2D eigenvalue weighted by atomic mass is 9.89. The van der Waals surface area contributed by atoms with E-state index in [1.54, 1.807) is 6.26 Å². The highest BCUT2D eigenvalue weighted by atomic mass is 19.4. The fourth-order valence-corrected chi connectivity index (χ4v) is 4.43. The van der Waals surface area contributed by atoms with E-state index in [9.17, 15) is 18.0 Å². The van der Waals surface area contributed by atoms with Gasteiger partial charge in [0.2, 0.25) is 5.82 Å². The third-order valence-corrected chi connectivity index (χ3v) is 6.05. The minimum Gasteiger partial charge on any atom is -0.475 e. The number of alkyl halides is 3. The monoisotopic (exact) mass is 491 g/mol. The van der Waals surface area contributed by atoms with E-state index >= 15 is 0 Å². The number of hydrogen-bond donors (Lipinski definition) is 2. The molecule has 186 valence electrons. The maximum Gasteiger partial charge on any atom is 0.490 e. The number of carboxylic acid groups (broad SMARTS) is 1. The first kappa shape index (κ1) is 24.5. The number of amides is 1. The lowest BCUT2D eigenvalue weighted by Crippen LogP contribution is -2.30. The number of nitrogens with zero attached hydrogens (tertiary/aromatic N) is 4. The minimum absolute atomic E-state index is 0.161. The van der Waals surface area contributed by atoms with E-state index in [2.05, 4.69) is 20.4 Å². The van der Waals surface area contributed by atoms with Gasteiger partial charge in [-0.25, -0.2) is 4.79 Å². The van der Waals surface area contributed by atoms with Gasteiger partial charge in [0.05, 0.1) is 12.8 Å². The zero-order valence-corrected chi connectivity index (χ0v) is 18.6. The number of halogens is 3. The summed E-state index contributed by atoms with van der Waals surface area (Å²) < 4.78 is 39.2. The molecule has 5 rings (SSSR count). The molecule has 1 aromatic carbocycles. The van der Waals surface area contributed by atoms with Crippen molar-refractivity contribution in [2.24, 2.45) is 5.92 Å². The van der Waals surface area contributed by atoms with Gasteiger partial charge in [0.1, 0.15) is 11.6 Å². The molecule has 0 radical (unpaired) electrons. The summed E-state index contributed by atoms with van der Waals surface area (Å²) in [5.41, 5.74) is 1.07. The number of carbonyl (C=O) groups excluding carboxylic acids is 1. The third kappa shape index (κ3) is 5.88. The zero-order chi connectivity index (χ0) is 25.0. The Kier molecular flexibility index (Phi) is 7.20. The highest BCUT2D eigenvalue weighted by Gasteiger charge is 2.41. The number of aromatic nitrogens is 3. The smallest absolute Gasteiger partial charge is 0.475 e. The van der Waals surface area contributed by atoms with Gasteiger partial charge in [-0.05, 0) is 30.0 Å². The number of carbonyl (C=O) groups is 2. The van der Waals surface area contributed by atoms with Gasteiger partial charge in [-0.15, -0.1) is 10.2 Å². The molecular weight excluding hydrogens is 467 g/mol. The number of benzene rings is 1. The Morgan fingerprint density at radius 3 is 2.51 bits per heavy atom. The van der Waals surface area contributed by atoms with Crippen molar-refractivity contribution >= 4 is 11.9 Å². The van der Waals surface area contributed by atoms with E-state index in [-0.39, 0.29) is 5.91 Å². The molecular formula is C23H24F3N5O4. The first-order valence-electron chi connectivity index (χ1n) is 11.0. The summed E-state index contributed by atoms with van der Waals surface area (Å²) in [6.45, 7) is 4.07. The van der Waals surface area contributed by atoms with Crippen LogP contribution in [0.25, 0.3) is 0 Å². The van der Waals surface area contributed by atoms with Gasteiger partial charge >= 0.3 is 12.1 Å². The van der Waals surface area contributed by atoms with Crippen LogP contribution < -0.4 is 5.32 Å². The maximum absolute atomic E-state index is 12.7. The Bertz CT molecular complexity index is 1150. The van der Waals surface area contributed by atoms with E-state index in [1.165, 1.54) is 0 Å². The van der Waals surface area contributed by atoms with Crippen LogP contribution in [0.2, 0.25) is 0 Å². The van der Waals surface area contributed by atoms with E-state index in [0.29, 0.717) is 24.2 Å². The molecule has 35 heavy (non-hydrogen) atoms. The summed E-state index contributed by atoms with van der Waals surface area (Å²) in [5, 5.41) is 18.7. The van der Waals surface area contributed by atoms with Crippen LogP contribution in [0.3, 0.4) is 0 Å². The summed E-state index contributed by atoms with van der Waals surface area (Å²) >= 11 is 0. The third-order valence-electron chi connectivity index (χ3n) is 6.05. The number of rotatable bonds is 5. The summed E-state index contributed by atoms with van der Waals surface area (Å²) in [6.07, 6.45) is -2.32. The van der Waals surface area contributed by atoms with Crippen LogP contribution in [-0.4, -0.2) is 55.9 Å². The van der Waals surface area contributed by atoms with Crippen molar-refractivity contribution in [3.63, 3.8) is 0 Å². The Morgan fingerprint density at radius 2 is 1.86 bits per heavy atom. The molecule has 12 heteroatoms. The SMILES string of the molecule is O=C(NCc1ccccc1)c1nnc2n1CCC1CN(Cc3ccco3)CC21.O=C(O)C(F)(F)F. The number of carboxylic acids is 1. The number of hydrogen-bond acceptors (Lipinski definition) is 6. The second-order valence-electron chi connectivity index (χ2n) is 8.43. The van der Waals surface area contributed by atoms with Crippen molar-refractivity contribution in [3.05, 3.63) is 71.7 Å². The summed E-state index contributed by atoms with van der Waals surface area (Å²) in [7, 11) is 0. The second-order valence-corrected chi connectivity index (χ2v) is 8.43. The minimum atomic E-state index is -5.08. The molecule has 2 unspecified atom stereocenters. The molecule has 0 aliphatic carbocycles. The van der Waals surface area contributed by atoms with E-state index < -0.39 is 12.1 Å². The van der Waals surface area contributed by atoms with Gasteiger partial charge in [-0.3, -0.25) is 9.69 Å². The normalized spacial score (nSPS) is 19.3. The van der Waals surface area contributed by atoms with Crippen molar-refractivity contribution < 1.29 is 32.3 Å². The van der Waals surface area contributed by atoms with Crippen LogP contribution in [-0.2, 0) is 24.4 Å². The summed E-state index contributed by atoms with van der Waals surface area (Å²) in [4.78, 5) is 24.0. The summed E-state index contributed by atoms with van der Waals surface area (Å²) in [6, 6.07) is 13.8. The average molecular weight is 491 g/mol. The quantitative estimate of drug-likeness (QED) is 0.564. The standard InChI is InChI=1S/C21H23N5O2.C2HF3O2/c27-21(22-11-15-5-2-1-3-6-15)20-24-23-19-18-14-25(13-17-7-4-10-28-17)12-16(18)8-9-26(19)20;3-2(4,5)1(6)7/h1-7,10,16,18H,8-9,11-14H2,(H,22,27);(H,6,7). The zero-order valence-electron chi connectivity index (χ0n) is 18.6. The van der Waals surface area contributed by atoms with Gasteiger partial charge in [0, 0.05) is 32.1 Å². The molecule has 1 amide bonds. The first-order valence-corrected chi connectivity index (χ1v) is 11.0. The number of fused-ring (bicyclic) bond motifs is 3.